The van der Waals surface area contributed by atoms with Crippen molar-refractivity contribution in [3.63, 3.8) is 0 Å². The number of para-hydroxylation sites is 1. The number of carbonyl (C=O) groups excluding carboxylic acids is 2. The van der Waals surface area contributed by atoms with E-state index in [4.69, 9.17) is 0 Å². The Kier molecular flexibility index (Phi) is 5.62. The maximum atomic E-state index is 13.2. The van der Waals surface area contributed by atoms with Crippen LogP contribution in [0.1, 0.15) is 35.3 Å². The predicted molar refractivity (Wildman–Crippen MR) is 114 cm³/mol. The maximum Gasteiger partial charge on any atom is 0.261 e. The molecule has 1 N–H and O–H groups in total. The molecule has 0 spiro atoms. The molecule has 146 valence electrons. The molecule has 0 saturated carbocycles. The first-order valence-electron chi connectivity index (χ1n) is 9.51. The molecule has 2 heterocycles. The van der Waals surface area contributed by atoms with Gasteiger partial charge in [0, 0.05) is 24.1 Å². The van der Waals surface area contributed by atoms with Crippen LogP contribution >= 0.6 is 11.8 Å². The molecule has 1 aliphatic rings. The summed E-state index contributed by atoms with van der Waals surface area (Å²) < 4.78 is 0. The van der Waals surface area contributed by atoms with Crippen molar-refractivity contribution in [2.24, 2.45) is 0 Å². The summed E-state index contributed by atoms with van der Waals surface area (Å²) in [7, 11) is 0. The minimum Gasteiger partial charge on any atom is -0.350 e. The van der Waals surface area contributed by atoms with Gasteiger partial charge in [-0.2, -0.15) is 0 Å². The second-order valence-corrected chi connectivity index (χ2v) is 7.86. The molecule has 2 aromatic carbocycles. The monoisotopic (exact) mass is 403 g/mol. The van der Waals surface area contributed by atoms with Crippen LogP contribution in [-0.2, 0) is 4.79 Å². The molecule has 0 aliphatic carbocycles. The van der Waals surface area contributed by atoms with Crippen molar-refractivity contribution in [2.45, 2.75) is 29.3 Å². The van der Waals surface area contributed by atoms with Gasteiger partial charge in [-0.3, -0.25) is 9.59 Å². The lowest BCUT2D eigenvalue weighted by molar-refractivity contribution is -0.121. The summed E-state index contributed by atoms with van der Waals surface area (Å²) in [6, 6.07) is 21.0. The Labute approximate surface area is 174 Å². The van der Waals surface area contributed by atoms with Gasteiger partial charge < -0.3 is 10.2 Å². The summed E-state index contributed by atoms with van der Waals surface area (Å²) in [4.78, 5) is 32.8. The molecular weight excluding hydrogens is 382 g/mol. The quantitative estimate of drug-likeness (QED) is 0.683. The van der Waals surface area contributed by atoms with Gasteiger partial charge in [0.15, 0.2) is 0 Å². The summed E-state index contributed by atoms with van der Waals surface area (Å²) in [6.07, 6.45) is 1.91. The van der Waals surface area contributed by atoms with Crippen LogP contribution in [0.15, 0.2) is 82.8 Å². The Balaban J connectivity index is 1.51. The smallest absolute Gasteiger partial charge is 0.261 e. The highest BCUT2D eigenvalue weighted by atomic mass is 32.2. The van der Waals surface area contributed by atoms with Crippen molar-refractivity contribution in [2.75, 3.05) is 11.4 Å². The first-order chi connectivity index (χ1) is 14.1. The Morgan fingerprint density at radius 2 is 1.83 bits per heavy atom. The van der Waals surface area contributed by atoms with Gasteiger partial charge in [0.1, 0.15) is 5.03 Å². The van der Waals surface area contributed by atoms with Crippen LogP contribution < -0.4 is 10.2 Å². The van der Waals surface area contributed by atoms with Gasteiger partial charge in [0.2, 0.25) is 5.91 Å². The number of nitrogens with zero attached hydrogens (tertiary/aromatic N) is 2. The van der Waals surface area contributed by atoms with E-state index < -0.39 is 0 Å². The van der Waals surface area contributed by atoms with Gasteiger partial charge in [-0.05, 0) is 36.8 Å². The number of hydrogen-bond donors (Lipinski definition) is 1. The summed E-state index contributed by atoms with van der Waals surface area (Å²) in [6.45, 7) is 2.26. The van der Waals surface area contributed by atoms with Crippen LogP contribution in [0.25, 0.3) is 0 Å². The molecule has 0 radical (unpaired) electrons. The number of pyridine rings is 1. The third kappa shape index (κ3) is 4.17. The fourth-order valence-electron chi connectivity index (χ4n) is 3.33. The summed E-state index contributed by atoms with van der Waals surface area (Å²) in [5, 5.41) is 3.70. The molecule has 4 rings (SSSR count). The molecule has 1 aromatic heterocycles. The van der Waals surface area contributed by atoms with Crippen molar-refractivity contribution in [3.8, 4) is 0 Å². The molecular formula is C23H21N3O2S. The number of aromatic nitrogens is 1. The van der Waals surface area contributed by atoms with Crippen molar-refractivity contribution in [1.82, 2.24) is 10.3 Å². The van der Waals surface area contributed by atoms with Crippen LogP contribution in [0.2, 0.25) is 0 Å². The van der Waals surface area contributed by atoms with Gasteiger partial charge >= 0.3 is 0 Å². The van der Waals surface area contributed by atoms with Gasteiger partial charge in [-0.1, -0.05) is 54.2 Å². The number of anilines is 1. The molecule has 29 heavy (non-hydrogen) atoms. The second-order valence-electron chi connectivity index (χ2n) is 6.83. The second kappa shape index (κ2) is 8.49. The summed E-state index contributed by atoms with van der Waals surface area (Å²) in [5.41, 5.74) is 2.42. The Morgan fingerprint density at radius 1 is 1.07 bits per heavy atom. The maximum absolute atomic E-state index is 13.2. The lowest BCUT2D eigenvalue weighted by Gasteiger charge is -2.23. The van der Waals surface area contributed by atoms with E-state index in [2.05, 4.69) is 10.3 Å². The average Bonchev–Trinajstić information content (AvgIpc) is 2.87. The van der Waals surface area contributed by atoms with E-state index in [1.807, 2.05) is 61.5 Å². The van der Waals surface area contributed by atoms with Crippen LogP contribution in [0, 0.1) is 0 Å². The normalized spacial score (nSPS) is 13.8. The minimum atomic E-state index is -0.130. The molecule has 3 aromatic rings. The first-order valence-corrected chi connectivity index (χ1v) is 10.3. The number of amides is 2. The molecule has 0 fully saturated rings. The average molecular weight is 404 g/mol. The van der Waals surface area contributed by atoms with Gasteiger partial charge in [0.25, 0.3) is 5.91 Å². The van der Waals surface area contributed by atoms with E-state index >= 15 is 0 Å². The minimum absolute atomic E-state index is 0.0868. The molecule has 6 heteroatoms. The topological polar surface area (TPSA) is 62.3 Å². The van der Waals surface area contributed by atoms with Crippen molar-refractivity contribution < 1.29 is 9.59 Å². The molecule has 0 saturated heterocycles. The SMILES string of the molecule is CC(NC(=O)CCN1C(=O)c2cccnc2Sc2ccccc21)c1ccccc1. The molecule has 1 aliphatic heterocycles. The van der Waals surface area contributed by atoms with Crippen molar-refractivity contribution in [3.05, 3.63) is 84.1 Å². The standard InChI is InChI=1S/C23H21N3O2S/c1-16(17-8-3-2-4-9-17)25-21(27)13-15-26-19-11-5-6-12-20(19)29-22-18(23(26)28)10-7-14-24-22/h2-12,14,16H,13,15H2,1H3,(H,25,27). The Morgan fingerprint density at radius 3 is 2.66 bits per heavy atom. The fourth-order valence-corrected chi connectivity index (χ4v) is 4.35. The van der Waals surface area contributed by atoms with Gasteiger partial charge in [0.05, 0.1) is 17.3 Å². The third-order valence-electron chi connectivity index (χ3n) is 4.85. The third-order valence-corrected chi connectivity index (χ3v) is 5.93. The number of fused-ring (bicyclic) bond motifs is 2. The molecule has 2 amide bonds. The molecule has 1 atom stereocenters. The van der Waals surface area contributed by atoms with Crippen LogP contribution in [0.5, 0.6) is 0 Å². The van der Waals surface area contributed by atoms with Crippen LogP contribution in [0.4, 0.5) is 5.69 Å². The fraction of sp³-hybridized carbons (Fsp3) is 0.174. The van der Waals surface area contributed by atoms with E-state index in [0.29, 0.717) is 17.1 Å². The summed E-state index contributed by atoms with van der Waals surface area (Å²) in [5.74, 6) is -0.218. The van der Waals surface area contributed by atoms with Crippen LogP contribution in [0.3, 0.4) is 0 Å². The summed E-state index contributed by atoms with van der Waals surface area (Å²) >= 11 is 1.48. The molecule has 5 nitrogen and oxygen atoms in total. The van der Waals surface area contributed by atoms with Crippen molar-refractivity contribution in [1.29, 1.82) is 0 Å². The highest BCUT2D eigenvalue weighted by Gasteiger charge is 2.28. The number of hydrogen-bond acceptors (Lipinski definition) is 4. The van der Waals surface area contributed by atoms with E-state index in [0.717, 1.165) is 16.1 Å². The number of benzene rings is 2. The molecule has 0 bridgehead atoms. The van der Waals surface area contributed by atoms with E-state index in [1.54, 1.807) is 23.2 Å². The molecule has 1 unspecified atom stereocenters. The Hall–Kier alpha value is -3.12. The number of carbonyl (C=O) groups is 2. The highest BCUT2D eigenvalue weighted by Crippen LogP contribution is 2.40. The lowest BCUT2D eigenvalue weighted by atomic mass is 10.1. The van der Waals surface area contributed by atoms with Crippen LogP contribution in [-0.4, -0.2) is 23.3 Å². The van der Waals surface area contributed by atoms with Gasteiger partial charge in [-0.25, -0.2) is 4.98 Å². The lowest BCUT2D eigenvalue weighted by Crippen LogP contribution is -2.36. The van der Waals surface area contributed by atoms with E-state index in [-0.39, 0.29) is 24.3 Å². The Bertz CT molecular complexity index is 1040. The van der Waals surface area contributed by atoms with E-state index in [1.165, 1.54) is 11.8 Å². The number of nitrogens with one attached hydrogen (secondary N) is 1. The zero-order chi connectivity index (χ0) is 20.2. The largest absolute Gasteiger partial charge is 0.350 e. The zero-order valence-electron chi connectivity index (χ0n) is 16.0. The van der Waals surface area contributed by atoms with Crippen molar-refractivity contribution >= 4 is 29.3 Å². The highest BCUT2D eigenvalue weighted by molar-refractivity contribution is 7.99. The van der Waals surface area contributed by atoms with Gasteiger partial charge in [-0.15, -0.1) is 0 Å². The predicted octanol–water partition coefficient (Wildman–Crippen LogP) is 4.46. The van der Waals surface area contributed by atoms with E-state index in [9.17, 15) is 9.59 Å². The zero-order valence-corrected chi connectivity index (χ0v) is 16.9. The first kappa shape index (κ1) is 19.2. The number of rotatable bonds is 5.